The van der Waals surface area contributed by atoms with Gasteiger partial charge in [0.2, 0.25) is 0 Å². The van der Waals surface area contributed by atoms with E-state index in [0.29, 0.717) is 12.8 Å². The maximum Gasteiger partial charge on any atom is 0.348 e. The normalized spacial score (nSPS) is 29.7. The highest BCUT2D eigenvalue weighted by atomic mass is 16.8. The molecule has 1 atom stereocenters. The minimum Gasteiger partial charge on any atom is -0.458 e. The van der Waals surface area contributed by atoms with Crippen LogP contribution in [0.5, 0.6) is 0 Å². The molecule has 0 aromatic carbocycles. The van der Waals surface area contributed by atoms with Crippen LogP contribution < -0.4 is 0 Å². The molecule has 3 saturated heterocycles. The fourth-order valence-electron chi connectivity index (χ4n) is 6.19. The summed E-state index contributed by atoms with van der Waals surface area (Å²) in [6, 6.07) is 0. The van der Waals surface area contributed by atoms with E-state index in [1.807, 2.05) is 6.92 Å². The fourth-order valence-corrected chi connectivity index (χ4v) is 6.19. The lowest BCUT2D eigenvalue weighted by atomic mass is 9.81. The lowest BCUT2D eigenvalue weighted by Crippen LogP contribution is -2.56. The number of hydrogen-bond donors (Lipinski definition) is 0. The second-order valence-electron chi connectivity index (χ2n) is 11.9. The summed E-state index contributed by atoms with van der Waals surface area (Å²) in [5.74, 6) is -9.32. The Morgan fingerprint density at radius 2 is 1.24 bits per heavy atom. The molecule has 5 aliphatic rings. The zero-order chi connectivity index (χ0) is 35.9. The van der Waals surface area contributed by atoms with Crippen molar-refractivity contribution in [2.45, 2.75) is 82.1 Å². The first kappa shape index (κ1) is 35.6. The average molecular weight is 691 g/mol. The Morgan fingerprint density at radius 3 is 1.78 bits per heavy atom. The minimum absolute atomic E-state index is 0.0165. The molecule has 262 valence electrons. The van der Waals surface area contributed by atoms with Gasteiger partial charge in [-0.25, -0.2) is 33.6 Å². The molecule has 0 bridgehead atoms. The Balaban J connectivity index is 1.15. The molecular weight excluding hydrogens is 656 g/mol. The zero-order valence-electron chi connectivity index (χ0n) is 27.1. The number of carbonyl (C=O) groups is 6. The van der Waals surface area contributed by atoms with Crippen LogP contribution in [0.4, 0.5) is 0 Å². The summed E-state index contributed by atoms with van der Waals surface area (Å²) in [6.07, 6.45) is 15.7. The second kappa shape index (κ2) is 14.8. The first-order valence-electron chi connectivity index (χ1n) is 16.0. The monoisotopic (exact) mass is 690 g/mol. The molecule has 5 rings (SSSR count). The van der Waals surface area contributed by atoms with E-state index in [9.17, 15) is 33.6 Å². The molecule has 0 amide bonds. The van der Waals surface area contributed by atoms with Crippen molar-refractivity contribution in [3.8, 4) is 0 Å². The molecule has 0 aromatic rings. The van der Waals surface area contributed by atoms with Crippen LogP contribution in [0.2, 0.25) is 0 Å². The maximum atomic E-state index is 12.9. The Kier molecular flexibility index (Phi) is 10.5. The van der Waals surface area contributed by atoms with E-state index in [-0.39, 0.29) is 61.0 Å². The number of esters is 6. The molecule has 50 heavy (non-hydrogen) atoms. The van der Waals surface area contributed by atoms with Gasteiger partial charge < -0.3 is 33.2 Å². The van der Waals surface area contributed by atoms with E-state index < -0.39 is 59.1 Å². The van der Waals surface area contributed by atoms with Gasteiger partial charge in [0.25, 0.3) is 17.4 Å². The first-order valence-corrected chi connectivity index (χ1v) is 16.0. The summed E-state index contributed by atoms with van der Waals surface area (Å²) < 4.78 is 38.3. The molecule has 2 saturated carbocycles. The van der Waals surface area contributed by atoms with Gasteiger partial charge in [0.1, 0.15) is 22.5 Å². The summed E-state index contributed by atoms with van der Waals surface area (Å²) in [5, 5.41) is 0. The van der Waals surface area contributed by atoms with E-state index in [4.69, 9.17) is 33.2 Å². The van der Waals surface area contributed by atoms with Crippen LogP contribution in [0, 0.1) is 5.92 Å². The number of ether oxygens (including phenoxy) is 7. The van der Waals surface area contributed by atoms with E-state index in [1.54, 1.807) is 18.2 Å². The third kappa shape index (κ3) is 7.45. The predicted octanol–water partition coefficient (Wildman–Crippen LogP) is 3.87. The van der Waals surface area contributed by atoms with Crippen LogP contribution in [0.1, 0.15) is 64.7 Å². The van der Waals surface area contributed by atoms with Crippen molar-refractivity contribution in [1.29, 1.82) is 0 Å². The van der Waals surface area contributed by atoms with Crippen molar-refractivity contribution in [3.63, 3.8) is 0 Å². The van der Waals surface area contributed by atoms with Crippen LogP contribution in [-0.2, 0) is 66.7 Å². The van der Waals surface area contributed by atoms with Crippen molar-refractivity contribution < 1.29 is 66.7 Å². The van der Waals surface area contributed by atoms with Gasteiger partial charge in [0.05, 0.1) is 5.92 Å². The summed E-state index contributed by atoms with van der Waals surface area (Å²) >= 11 is 0. The van der Waals surface area contributed by atoms with Gasteiger partial charge in [-0.1, -0.05) is 55.5 Å². The van der Waals surface area contributed by atoms with Gasteiger partial charge in [-0.05, 0) is 38.3 Å². The molecule has 3 aliphatic heterocycles. The molecule has 3 heterocycles. The van der Waals surface area contributed by atoms with Gasteiger partial charge >= 0.3 is 35.8 Å². The molecule has 14 nitrogen and oxygen atoms in total. The number of carbonyl (C=O) groups excluding carboxylic acids is 7. The number of rotatable bonds is 8. The molecule has 0 N–H and O–H groups in total. The number of hydrogen-bond acceptors (Lipinski definition) is 14. The van der Waals surface area contributed by atoms with Crippen LogP contribution in [0.25, 0.3) is 0 Å². The van der Waals surface area contributed by atoms with Crippen LogP contribution >= 0.6 is 0 Å². The number of allylic oxidation sites excluding steroid dienone is 9. The Labute approximate surface area is 286 Å². The van der Waals surface area contributed by atoms with Crippen LogP contribution in [0.3, 0.4) is 0 Å². The Morgan fingerprint density at radius 1 is 0.720 bits per heavy atom. The van der Waals surface area contributed by atoms with Crippen molar-refractivity contribution in [3.05, 3.63) is 90.0 Å². The van der Waals surface area contributed by atoms with Gasteiger partial charge in [-0.15, -0.1) is 0 Å². The summed E-state index contributed by atoms with van der Waals surface area (Å²) in [6.45, 7) is 5.58. The summed E-state index contributed by atoms with van der Waals surface area (Å²) in [7, 11) is 0. The third-order valence-corrected chi connectivity index (χ3v) is 8.72. The lowest BCUT2D eigenvalue weighted by molar-refractivity contribution is -0.291. The van der Waals surface area contributed by atoms with Crippen molar-refractivity contribution in [2.75, 3.05) is 0 Å². The molecule has 0 aromatic heterocycles. The average Bonchev–Trinajstić information content (AvgIpc) is 3.07. The largest absolute Gasteiger partial charge is 0.458 e. The Hall–Kier alpha value is -5.75. The predicted molar refractivity (Wildman–Crippen MR) is 168 cm³/mol. The van der Waals surface area contributed by atoms with Crippen molar-refractivity contribution >= 4 is 41.8 Å². The highest BCUT2D eigenvalue weighted by molar-refractivity contribution is 6.16. The molecule has 2 aliphatic carbocycles. The molecule has 3 spiro atoms. The fraction of sp³-hybridized carbons (Fsp3) is 0.389. The lowest BCUT2D eigenvalue weighted by Gasteiger charge is -2.46. The molecule has 0 radical (unpaired) electrons. The van der Waals surface area contributed by atoms with E-state index in [0.717, 1.165) is 12.7 Å². The highest BCUT2D eigenvalue weighted by Crippen LogP contribution is 2.46. The quantitative estimate of drug-likeness (QED) is 0.0680. The molecule has 14 heteroatoms. The van der Waals surface area contributed by atoms with E-state index in [2.05, 4.69) is 6.58 Å². The summed E-state index contributed by atoms with van der Waals surface area (Å²) in [4.78, 5) is 87.0. The van der Waals surface area contributed by atoms with E-state index in [1.165, 1.54) is 42.4 Å². The maximum absolute atomic E-state index is 12.9. The smallest absolute Gasteiger partial charge is 0.348 e. The zero-order valence-corrected chi connectivity index (χ0v) is 27.1. The molecule has 5 fully saturated rings. The topological polar surface area (TPSA) is 184 Å². The third-order valence-electron chi connectivity index (χ3n) is 8.72. The first-order chi connectivity index (χ1) is 24.0. The van der Waals surface area contributed by atoms with Crippen LogP contribution in [0.15, 0.2) is 90.0 Å². The van der Waals surface area contributed by atoms with Gasteiger partial charge in [-0.2, -0.15) is 0 Å². The SMILES string of the molecule is C=C(OC=C=O)C1CCCCC12OC(=O)C(=CC=CCC=C1C(=O)OC3(CCC4(CC3)OC(=O)C(=CC=CC=CC)C(=O)O4)OC1=O)C(=O)O2. The minimum atomic E-state index is -1.62. The van der Waals surface area contributed by atoms with Crippen molar-refractivity contribution in [2.24, 2.45) is 5.92 Å². The highest BCUT2D eigenvalue weighted by Gasteiger charge is 2.57. The standard InChI is InChI=1S/C36H34O14/c1-3-4-5-7-12-24-28(38)45-34(46-29(24)39)17-19-35(20-18-34)47-30(40)25(31(41)48-35)13-8-6-9-14-26-32(42)49-36(50-33(26)43)16-11-10-15-27(36)23(2)44-22-21-37/h3-7,9,12-14,22,27H,2,8,10-11,15-20H2,1H3. The van der Waals surface area contributed by atoms with Crippen LogP contribution in [-0.4, -0.2) is 59.1 Å². The second-order valence-corrected chi connectivity index (χ2v) is 11.9. The van der Waals surface area contributed by atoms with Gasteiger partial charge in [-0.3, -0.25) is 0 Å². The van der Waals surface area contributed by atoms with Gasteiger partial charge in [0, 0.05) is 32.1 Å². The molecule has 1 unspecified atom stereocenters. The molecular formula is C36H34O14. The Bertz CT molecular complexity index is 1660. The van der Waals surface area contributed by atoms with Crippen molar-refractivity contribution in [1.82, 2.24) is 0 Å². The van der Waals surface area contributed by atoms with Gasteiger partial charge in [0.15, 0.2) is 12.2 Å². The van der Waals surface area contributed by atoms with E-state index >= 15 is 0 Å². The summed E-state index contributed by atoms with van der Waals surface area (Å²) in [5.41, 5.74) is -1.01.